The van der Waals surface area contributed by atoms with Gasteiger partial charge in [-0.25, -0.2) is 0 Å². The molecule has 1 aliphatic heterocycles. The number of hydrogen-bond donors (Lipinski definition) is 1. The van der Waals surface area contributed by atoms with E-state index in [1.54, 1.807) is 6.08 Å². The quantitative estimate of drug-likeness (QED) is 0.195. The normalized spacial score (nSPS) is 21.2. The van der Waals surface area contributed by atoms with Crippen LogP contribution in [0.15, 0.2) is 133 Å². The van der Waals surface area contributed by atoms with Gasteiger partial charge in [0.15, 0.2) is 6.10 Å². The van der Waals surface area contributed by atoms with Gasteiger partial charge in [-0.2, -0.15) is 0 Å². The van der Waals surface area contributed by atoms with Gasteiger partial charge in [-0.15, -0.1) is 0 Å². The molecule has 0 unspecified atom stereocenters. The summed E-state index contributed by atoms with van der Waals surface area (Å²) < 4.78 is 32.4. The number of ether oxygens (including phenoxy) is 5. The molecule has 6 heteroatoms. The molecular weight excluding hydrogens is 528 g/mol. The summed E-state index contributed by atoms with van der Waals surface area (Å²) in [5.74, 6) is 0.513. The summed E-state index contributed by atoms with van der Waals surface area (Å²) in [7, 11) is 0. The lowest BCUT2D eigenvalue weighted by Gasteiger charge is -2.43. The van der Waals surface area contributed by atoms with Crippen LogP contribution in [-0.2, 0) is 50.1 Å². The predicted octanol–water partition coefficient (Wildman–Crippen LogP) is 6.23. The molecule has 5 rings (SSSR count). The van der Waals surface area contributed by atoms with Gasteiger partial charge in [-0.1, -0.05) is 121 Å². The monoisotopic (exact) mass is 566 g/mol. The van der Waals surface area contributed by atoms with Crippen molar-refractivity contribution in [3.8, 4) is 0 Å². The van der Waals surface area contributed by atoms with Crippen molar-refractivity contribution in [3.05, 3.63) is 155 Å². The van der Waals surface area contributed by atoms with E-state index in [9.17, 15) is 5.11 Å². The molecule has 42 heavy (non-hydrogen) atoms. The Labute approximate surface area is 248 Å². The number of rotatable bonds is 14. The molecule has 4 aromatic carbocycles. The average Bonchev–Trinajstić information content (AvgIpc) is 3.05. The molecule has 0 saturated carbocycles. The molecule has 1 aliphatic rings. The first kappa shape index (κ1) is 29.7. The van der Waals surface area contributed by atoms with Crippen molar-refractivity contribution in [1.82, 2.24) is 0 Å². The summed E-state index contributed by atoms with van der Waals surface area (Å²) in [6.45, 7) is 1.61. The molecular formula is C36H38O6. The minimum Gasteiger partial charge on any atom is -0.487 e. The van der Waals surface area contributed by atoms with E-state index in [1.807, 2.05) is 121 Å². The van der Waals surface area contributed by atoms with E-state index >= 15 is 0 Å². The van der Waals surface area contributed by atoms with Gasteiger partial charge in [0.25, 0.3) is 0 Å². The lowest BCUT2D eigenvalue weighted by molar-refractivity contribution is -0.223. The fraction of sp³-hybridized carbons (Fsp3) is 0.278. The fourth-order valence-electron chi connectivity index (χ4n) is 4.96. The Kier molecular flexibility index (Phi) is 11.3. The first-order chi connectivity index (χ1) is 20.8. The van der Waals surface area contributed by atoms with Crippen LogP contribution in [-0.4, -0.2) is 42.7 Å². The van der Waals surface area contributed by atoms with Gasteiger partial charge >= 0.3 is 0 Å². The highest BCUT2D eigenvalue weighted by Crippen LogP contribution is 2.33. The van der Waals surface area contributed by atoms with E-state index in [2.05, 4.69) is 0 Å². The Hall–Kier alpha value is -3.78. The van der Waals surface area contributed by atoms with Crippen LogP contribution < -0.4 is 0 Å². The average molecular weight is 567 g/mol. The second-order valence-corrected chi connectivity index (χ2v) is 10.2. The van der Waals surface area contributed by atoms with Crippen molar-refractivity contribution < 1.29 is 28.8 Å². The van der Waals surface area contributed by atoms with Crippen molar-refractivity contribution in [2.24, 2.45) is 0 Å². The van der Waals surface area contributed by atoms with Crippen LogP contribution in [0.1, 0.15) is 22.3 Å². The standard InChI is InChI=1S/C36H38O6/c37-22-21-32-34(39-24-29-15-7-2-8-16-29)36(41-26-31-19-11-4-12-20-31)35(40-25-30-17-9-3-10-18-30)33(42-32)27-38-23-28-13-5-1-6-14-28/h1-21,33-37H,22-27H2/t33-,34-,35-,36-/m1/s1. The van der Waals surface area contributed by atoms with E-state index in [1.165, 1.54) is 0 Å². The van der Waals surface area contributed by atoms with Crippen molar-refractivity contribution in [1.29, 1.82) is 0 Å². The predicted molar refractivity (Wildman–Crippen MR) is 161 cm³/mol. The Morgan fingerprint density at radius 1 is 0.548 bits per heavy atom. The van der Waals surface area contributed by atoms with Gasteiger partial charge < -0.3 is 28.8 Å². The van der Waals surface area contributed by atoms with E-state index in [0.717, 1.165) is 22.3 Å². The molecule has 6 nitrogen and oxygen atoms in total. The Balaban J connectivity index is 1.41. The van der Waals surface area contributed by atoms with Crippen LogP contribution in [0.3, 0.4) is 0 Å². The minimum atomic E-state index is -0.604. The lowest BCUT2D eigenvalue weighted by Crippen LogP contribution is -2.56. The van der Waals surface area contributed by atoms with Gasteiger partial charge in [0.05, 0.1) is 39.6 Å². The molecule has 4 atom stereocenters. The van der Waals surface area contributed by atoms with Crippen molar-refractivity contribution in [2.75, 3.05) is 13.2 Å². The van der Waals surface area contributed by atoms with Gasteiger partial charge in [-0.3, -0.25) is 0 Å². The molecule has 218 valence electrons. The zero-order chi connectivity index (χ0) is 28.8. The Bertz CT molecular complexity index is 1330. The molecule has 1 heterocycles. The summed E-state index contributed by atoms with van der Waals surface area (Å²) >= 11 is 0. The molecule has 4 aromatic rings. The SMILES string of the molecule is OCC=C1O[C@H](COCc2ccccc2)[C@@H](OCc2ccccc2)[C@H](OCc2ccccc2)[C@@H]1OCc1ccccc1. The largest absolute Gasteiger partial charge is 0.487 e. The smallest absolute Gasteiger partial charge is 0.150 e. The maximum Gasteiger partial charge on any atom is 0.150 e. The summed E-state index contributed by atoms with van der Waals surface area (Å²) in [5.41, 5.74) is 4.18. The Morgan fingerprint density at radius 3 is 1.45 bits per heavy atom. The van der Waals surface area contributed by atoms with Crippen LogP contribution in [0.25, 0.3) is 0 Å². The van der Waals surface area contributed by atoms with E-state index < -0.39 is 24.4 Å². The molecule has 0 radical (unpaired) electrons. The van der Waals surface area contributed by atoms with E-state index in [-0.39, 0.29) is 13.2 Å². The molecule has 1 fully saturated rings. The highest BCUT2D eigenvalue weighted by Gasteiger charge is 2.46. The number of aliphatic hydroxyl groups is 1. The summed E-state index contributed by atoms with van der Waals surface area (Å²) in [5, 5.41) is 9.93. The van der Waals surface area contributed by atoms with Crippen LogP contribution in [0.5, 0.6) is 0 Å². The van der Waals surface area contributed by atoms with Crippen molar-refractivity contribution in [3.63, 3.8) is 0 Å². The second-order valence-electron chi connectivity index (χ2n) is 10.2. The maximum absolute atomic E-state index is 9.93. The Morgan fingerprint density at radius 2 is 0.976 bits per heavy atom. The van der Waals surface area contributed by atoms with Crippen molar-refractivity contribution >= 4 is 0 Å². The van der Waals surface area contributed by atoms with Gasteiger partial charge in [0.1, 0.15) is 24.1 Å². The zero-order valence-electron chi connectivity index (χ0n) is 23.7. The third kappa shape index (κ3) is 8.61. The van der Waals surface area contributed by atoms with E-state index in [4.69, 9.17) is 23.7 Å². The molecule has 1 N–H and O–H groups in total. The molecule has 0 aliphatic carbocycles. The molecule has 1 saturated heterocycles. The number of hydrogen-bond acceptors (Lipinski definition) is 6. The lowest BCUT2D eigenvalue weighted by atomic mass is 9.96. The summed E-state index contributed by atoms with van der Waals surface area (Å²) in [4.78, 5) is 0. The second kappa shape index (κ2) is 16.0. The van der Waals surface area contributed by atoms with Crippen molar-refractivity contribution in [2.45, 2.75) is 50.8 Å². The minimum absolute atomic E-state index is 0.195. The number of benzene rings is 4. The fourth-order valence-corrected chi connectivity index (χ4v) is 4.96. The third-order valence-electron chi connectivity index (χ3n) is 7.09. The van der Waals surface area contributed by atoms with Crippen LogP contribution in [0, 0.1) is 0 Å². The molecule has 0 spiro atoms. The molecule has 0 aromatic heterocycles. The molecule has 0 amide bonds. The first-order valence-corrected chi connectivity index (χ1v) is 14.4. The molecule has 0 bridgehead atoms. The topological polar surface area (TPSA) is 66.4 Å². The summed E-state index contributed by atoms with van der Waals surface area (Å²) in [6.07, 6.45) is -0.498. The summed E-state index contributed by atoms with van der Waals surface area (Å²) in [6, 6.07) is 40.1. The highest BCUT2D eigenvalue weighted by molar-refractivity contribution is 5.18. The third-order valence-corrected chi connectivity index (χ3v) is 7.09. The zero-order valence-corrected chi connectivity index (χ0v) is 23.7. The van der Waals surface area contributed by atoms with Gasteiger partial charge in [0, 0.05) is 0 Å². The van der Waals surface area contributed by atoms with Crippen LogP contribution in [0.4, 0.5) is 0 Å². The van der Waals surface area contributed by atoms with Crippen LogP contribution in [0.2, 0.25) is 0 Å². The van der Waals surface area contributed by atoms with Crippen LogP contribution >= 0.6 is 0 Å². The maximum atomic E-state index is 9.93. The first-order valence-electron chi connectivity index (χ1n) is 14.4. The highest BCUT2D eigenvalue weighted by atomic mass is 16.6. The number of aliphatic hydroxyl groups excluding tert-OH is 1. The van der Waals surface area contributed by atoms with E-state index in [0.29, 0.717) is 32.2 Å². The van der Waals surface area contributed by atoms with Gasteiger partial charge in [-0.05, 0) is 28.3 Å². The van der Waals surface area contributed by atoms with Gasteiger partial charge in [0.2, 0.25) is 0 Å².